The minimum Gasteiger partial charge on any atom is -0.495 e. The summed E-state index contributed by atoms with van der Waals surface area (Å²) in [6, 6.07) is 5.21. The van der Waals surface area contributed by atoms with E-state index in [1.54, 1.807) is 32.4 Å². The Morgan fingerprint density at radius 1 is 1.47 bits per heavy atom. The largest absolute Gasteiger partial charge is 0.495 e. The summed E-state index contributed by atoms with van der Waals surface area (Å²) in [5, 5.41) is 4.91. The molecule has 0 unspecified atom stereocenters. The van der Waals surface area contributed by atoms with Gasteiger partial charge in [0.1, 0.15) is 5.75 Å². The highest BCUT2D eigenvalue weighted by Crippen LogP contribution is 2.22. The van der Waals surface area contributed by atoms with Crippen LogP contribution in [0.15, 0.2) is 23.3 Å². The lowest BCUT2D eigenvalue weighted by Crippen LogP contribution is -2.34. The fraction of sp³-hybridized carbons (Fsp3) is 0.222. The summed E-state index contributed by atoms with van der Waals surface area (Å²) >= 11 is 0. The first-order valence-electron chi connectivity index (χ1n) is 4.30. The van der Waals surface area contributed by atoms with Crippen molar-refractivity contribution in [3.05, 3.63) is 23.8 Å². The molecule has 0 bridgehead atoms. The van der Waals surface area contributed by atoms with Gasteiger partial charge in [0.05, 0.1) is 12.8 Å². The van der Waals surface area contributed by atoms with Crippen molar-refractivity contribution in [3.63, 3.8) is 0 Å². The topological polar surface area (TPSA) is 103 Å². The van der Waals surface area contributed by atoms with E-state index in [1.807, 2.05) is 0 Å². The first-order chi connectivity index (χ1) is 7.10. The monoisotopic (exact) mass is 209 g/mol. The molecule has 0 aromatic heterocycles. The summed E-state index contributed by atoms with van der Waals surface area (Å²) < 4.78 is 5.08. The second-order valence-electron chi connectivity index (χ2n) is 3.02. The van der Waals surface area contributed by atoms with Crippen LogP contribution in [0.25, 0.3) is 0 Å². The van der Waals surface area contributed by atoms with Gasteiger partial charge in [-0.2, -0.15) is 5.10 Å². The summed E-state index contributed by atoms with van der Waals surface area (Å²) in [4.78, 5) is 0. The molecule has 0 saturated heterocycles. The highest BCUT2D eigenvalue weighted by atomic mass is 16.5. The molecule has 15 heavy (non-hydrogen) atoms. The van der Waals surface area contributed by atoms with Gasteiger partial charge in [-0.3, -0.25) is 5.01 Å². The molecular formula is C9H15N5O. The average molecular weight is 209 g/mol. The van der Waals surface area contributed by atoms with E-state index >= 15 is 0 Å². The van der Waals surface area contributed by atoms with E-state index in [0.717, 1.165) is 5.56 Å². The fourth-order valence-electron chi connectivity index (χ4n) is 1.22. The van der Waals surface area contributed by atoms with Crippen LogP contribution in [0, 0.1) is 0 Å². The Morgan fingerprint density at radius 3 is 2.60 bits per heavy atom. The zero-order chi connectivity index (χ0) is 11.4. The number of nitrogen functional groups attached to an aromatic ring is 1. The molecule has 0 aliphatic heterocycles. The lowest BCUT2D eigenvalue weighted by molar-refractivity contribution is 0.416. The van der Waals surface area contributed by atoms with Gasteiger partial charge in [0.15, 0.2) is 5.84 Å². The van der Waals surface area contributed by atoms with Crippen LogP contribution in [0.1, 0.15) is 5.56 Å². The van der Waals surface area contributed by atoms with Gasteiger partial charge in [0.25, 0.3) is 0 Å². The Balaban J connectivity index is 3.15. The summed E-state index contributed by atoms with van der Waals surface area (Å²) in [6.07, 6.45) is 0. The van der Waals surface area contributed by atoms with E-state index in [4.69, 9.17) is 22.2 Å². The Hall–Kier alpha value is -1.95. The van der Waals surface area contributed by atoms with Crippen LogP contribution in [0.3, 0.4) is 0 Å². The molecule has 1 rings (SSSR count). The number of rotatable bonds is 2. The second kappa shape index (κ2) is 4.52. The third-order valence-electron chi connectivity index (χ3n) is 1.95. The molecule has 0 spiro atoms. The molecule has 6 N–H and O–H groups in total. The predicted molar refractivity (Wildman–Crippen MR) is 60.1 cm³/mol. The van der Waals surface area contributed by atoms with E-state index in [0.29, 0.717) is 17.3 Å². The van der Waals surface area contributed by atoms with E-state index in [9.17, 15) is 0 Å². The Labute approximate surface area is 88.3 Å². The quantitative estimate of drug-likeness (QED) is 0.204. The second-order valence-corrected chi connectivity index (χ2v) is 3.02. The Bertz CT molecular complexity index is 375. The average Bonchev–Trinajstić information content (AvgIpc) is 2.21. The summed E-state index contributed by atoms with van der Waals surface area (Å²) in [5.74, 6) is 11.8. The minimum absolute atomic E-state index is 0.452. The van der Waals surface area contributed by atoms with Gasteiger partial charge in [-0.25, -0.2) is 5.84 Å². The maximum absolute atomic E-state index is 5.68. The maximum atomic E-state index is 5.68. The molecule has 0 aliphatic rings. The van der Waals surface area contributed by atoms with Gasteiger partial charge in [-0.15, -0.1) is 0 Å². The standard InChI is InChI=1S/C9H15N5O/c1-14(12)9(13-11)6-3-4-7(10)8(5-6)15-2/h3-5H,10-12H2,1-2H3/b13-9-. The molecule has 0 fully saturated rings. The van der Waals surface area contributed by atoms with E-state index < -0.39 is 0 Å². The van der Waals surface area contributed by atoms with Crippen LogP contribution < -0.4 is 22.2 Å². The van der Waals surface area contributed by atoms with Crippen molar-refractivity contribution in [2.24, 2.45) is 16.8 Å². The number of nitrogens with two attached hydrogens (primary N) is 3. The van der Waals surface area contributed by atoms with Crippen LogP contribution in [0.4, 0.5) is 5.69 Å². The van der Waals surface area contributed by atoms with Crippen LogP contribution in [-0.4, -0.2) is 25.0 Å². The van der Waals surface area contributed by atoms with Crippen molar-refractivity contribution in [3.8, 4) is 5.75 Å². The first kappa shape index (κ1) is 11.1. The highest BCUT2D eigenvalue weighted by Gasteiger charge is 2.09. The molecule has 0 saturated carbocycles. The van der Waals surface area contributed by atoms with E-state index in [-0.39, 0.29) is 0 Å². The molecule has 0 amide bonds. The van der Waals surface area contributed by atoms with Gasteiger partial charge < -0.3 is 16.3 Å². The van der Waals surface area contributed by atoms with Crippen LogP contribution in [-0.2, 0) is 0 Å². The molecule has 0 heterocycles. The highest BCUT2D eigenvalue weighted by molar-refractivity contribution is 5.98. The number of amidine groups is 1. The molecule has 6 heteroatoms. The van der Waals surface area contributed by atoms with Gasteiger partial charge in [0, 0.05) is 12.6 Å². The first-order valence-corrected chi connectivity index (χ1v) is 4.30. The number of anilines is 1. The Kier molecular flexibility index (Phi) is 3.35. The summed E-state index contributed by atoms with van der Waals surface area (Å²) in [7, 11) is 3.19. The minimum atomic E-state index is 0.452. The number of ether oxygens (including phenoxy) is 1. The van der Waals surface area contributed by atoms with Gasteiger partial charge in [-0.05, 0) is 18.2 Å². The summed E-state index contributed by atoms with van der Waals surface area (Å²) in [5.41, 5.74) is 6.97. The Morgan fingerprint density at radius 2 is 2.13 bits per heavy atom. The number of hydrogen-bond donors (Lipinski definition) is 3. The number of methoxy groups -OCH3 is 1. The van der Waals surface area contributed by atoms with Crippen LogP contribution in [0.2, 0.25) is 0 Å². The zero-order valence-corrected chi connectivity index (χ0v) is 8.77. The predicted octanol–water partition coefficient (Wildman–Crippen LogP) is -0.297. The third kappa shape index (κ3) is 2.29. The number of hydrazine groups is 1. The SMILES string of the molecule is COc1cc(/C(=N/N)N(C)N)ccc1N. The number of benzene rings is 1. The fourth-order valence-corrected chi connectivity index (χ4v) is 1.22. The van der Waals surface area contributed by atoms with Crippen molar-refractivity contribution in [1.29, 1.82) is 0 Å². The number of nitrogens with zero attached hydrogens (tertiary/aromatic N) is 2. The van der Waals surface area contributed by atoms with Crippen molar-refractivity contribution in [2.75, 3.05) is 19.9 Å². The lowest BCUT2D eigenvalue weighted by Gasteiger charge is -2.15. The third-order valence-corrected chi connectivity index (χ3v) is 1.95. The van der Waals surface area contributed by atoms with Crippen molar-refractivity contribution >= 4 is 11.5 Å². The van der Waals surface area contributed by atoms with Crippen molar-refractivity contribution < 1.29 is 4.74 Å². The van der Waals surface area contributed by atoms with E-state index in [1.165, 1.54) is 5.01 Å². The molecule has 0 aliphatic carbocycles. The molecule has 0 atom stereocenters. The smallest absolute Gasteiger partial charge is 0.169 e. The molecule has 0 radical (unpaired) electrons. The van der Waals surface area contributed by atoms with Gasteiger partial charge >= 0.3 is 0 Å². The van der Waals surface area contributed by atoms with Crippen LogP contribution in [0.5, 0.6) is 5.75 Å². The van der Waals surface area contributed by atoms with Crippen LogP contribution >= 0.6 is 0 Å². The van der Waals surface area contributed by atoms with Crippen molar-refractivity contribution in [2.45, 2.75) is 0 Å². The molecule has 82 valence electrons. The van der Waals surface area contributed by atoms with Gasteiger partial charge in [-0.1, -0.05) is 0 Å². The van der Waals surface area contributed by atoms with Crippen molar-refractivity contribution in [1.82, 2.24) is 5.01 Å². The lowest BCUT2D eigenvalue weighted by atomic mass is 10.1. The molecular weight excluding hydrogens is 194 g/mol. The number of hydrogen-bond acceptors (Lipinski definition) is 5. The summed E-state index contributed by atoms with van der Waals surface area (Å²) in [6.45, 7) is 0. The van der Waals surface area contributed by atoms with E-state index in [2.05, 4.69) is 5.10 Å². The number of hydrazone groups is 1. The normalized spacial score (nSPS) is 11.3. The molecule has 1 aromatic rings. The maximum Gasteiger partial charge on any atom is 0.169 e. The molecule has 6 nitrogen and oxygen atoms in total. The van der Waals surface area contributed by atoms with Gasteiger partial charge in [0.2, 0.25) is 0 Å². The molecule has 1 aromatic carbocycles. The zero-order valence-electron chi connectivity index (χ0n) is 8.77.